The van der Waals surface area contributed by atoms with Crippen LogP contribution in [0.25, 0.3) is 10.2 Å². The lowest BCUT2D eigenvalue weighted by Crippen LogP contribution is -2.17. The van der Waals surface area contributed by atoms with Gasteiger partial charge in [0.25, 0.3) is 0 Å². The Morgan fingerprint density at radius 1 is 1.47 bits per heavy atom. The Balaban J connectivity index is 1.87. The number of thiazole rings is 1. The fourth-order valence-corrected chi connectivity index (χ4v) is 2.78. The van der Waals surface area contributed by atoms with Crippen molar-refractivity contribution < 1.29 is 4.74 Å². The van der Waals surface area contributed by atoms with Gasteiger partial charge in [-0.05, 0) is 30.4 Å². The largest absolute Gasteiger partial charge is 0.497 e. The molecule has 0 unspecified atom stereocenters. The lowest BCUT2D eigenvalue weighted by atomic mass is 10.3. The second-order valence-corrected chi connectivity index (χ2v) is 5.17. The van der Waals surface area contributed by atoms with Crippen LogP contribution < -0.4 is 10.1 Å². The molecule has 5 nitrogen and oxygen atoms in total. The topological polar surface area (TPSA) is 52.0 Å². The molecule has 0 aliphatic carbocycles. The van der Waals surface area contributed by atoms with Gasteiger partial charge in [-0.25, -0.2) is 9.97 Å². The van der Waals surface area contributed by atoms with E-state index in [4.69, 9.17) is 17.0 Å². The Kier molecular flexibility index (Phi) is 3.14. The number of rotatable bonds is 2. The predicted molar refractivity (Wildman–Crippen MR) is 80.0 cm³/mol. The smallest absolute Gasteiger partial charge is 0.190 e. The monoisotopic (exact) mass is 290 g/mol. The number of thiocarbonyl (C=S) groups is 1. The fourth-order valence-electron chi connectivity index (χ4n) is 1.62. The summed E-state index contributed by atoms with van der Waals surface area (Å²) in [4.78, 5) is 8.42. The maximum absolute atomic E-state index is 5.26. The summed E-state index contributed by atoms with van der Waals surface area (Å²) in [5.74, 6) is 0.819. The minimum absolute atomic E-state index is 0.545. The molecule has 0 atom stereocenters. The van der Waals surface area contributed by atoms with E-state index in [1.54, 1.807) is 30.4 Å². The molecular formula is C12H10N4OS2. The predicted octanol–water partition coefficient (Wildman–Crippen LogP) is 2.75. The van der Waals surface area contributed by atoms with Crippen LogP contribution in [-0.2, 0) is 0 Å². The van der Waals surface area contributed by atoms with E-state index >= 15 is 0 Å². The van der Waals surface area contributed by atoms with E-state index in [1.165, 1.54) is 11.3 Å². The lowest BCUT2D eigenvalue weighted by molar-refractivity contribution is 0.415. The minimum Gasteiger partial charge on any atom is -0.497 e. The first kappa shape index (κ1) is 12.1. The van der Waals surface area contributed by atoms with E-state index in [9.17, 15) is 0 Å². The molecule has 0 saturated carbocycles. The third kappa shape index (κ3) is 2.42. The molecule has 2 aromatic heterocycles. The van der Waals surface area contributed by atoms with Crippen molar-refractivity contribution in [1.29, 1.82) is 0 Å². The van der Waals surface area contributed by atoms with Crippen LogP contribution in [0.4, 0.5) is 5.13 Å². The second-order valence-electron chi connectivity index (χ2n) is 3.75. The number of hydrogen-bond donors (Lipinski definition) is 1. The second kappa shape index (κ2) is 4.94. The summed E-state index contributed by atoms with van der Waals surface area (Å²) in [6.07, 6.45) is 5.11. The van der Waals surface area contributed by atoms with Crippen LogP contribution >= 0.6 is 23.6 Å². The van der Waals surface area contributed by atoms with Gasteiger partial charge < -0.3 is 10.1 Å². The van der Waals surface area contributed by atoms with E-state index in [1.807, 2.05) is 18.2 Å². The summed E-state index contributed by atoms with van der Waals surface area (Å²) in [7, 11) is 1.65. The highest BCUT2D eigenvalue weighted by Gasteiger charge is 2.07. The lowest BCUT2D eigenvalue weighted by Gasteiger charge is -2.03. The fraction of sp³-hybridized carbons (Fsp3) is 0.0833. The van der Waals surface area contributed by atoms with Crippen molar-refractivity contribution in [3.05, 3.63) is 36.9 Å². The number of aromatic nitrogens is 3. The Bertz CT molecular complexity index is 720. The minimum atomic E-state index is 0.545. The maximum Gasteiger partial charge on any atom is 0.190 e. The van der Waals surface area contributed by atoms with Crippen LogP contribution in [0.2, 0.25) is 0 Å². The molecule has 2 heterocycles. The Hall–Kier alpha value is -1.99. The number of hydrogen-bond acceptors (Lipinski definition) is 5. The standard InChI is InChI=1S/C12H10N4OS2/c1-17-8-2-3-9-10(6-8)19-11(14-9)15-12(18)16-5-4-13-7-16/h2-7H,1H3,(H,14,15,18). The van der Waals surface area contributed by atoms with Crippen molar-refractivity contribution in [1.82, 2.24) is 14.5 Å². The zero-order valence-corrected chi connectivity index (χ0v) is 11.7. The van der Waals surface area contributed by atoms with Crippen LogP contribution in [0, 0.1) is 0 Å². The highest BCUT2D eigenvalue weighted by atomic mass is 32.1. The number of imidazole rings is 1. The SMILES string of the molecule is COc1ccc2nc(NC(=S)n3ccnc3)sc2c1. The van der Waals surface area contributed by atoms with Crippen LogP contribution in [-0.4, -0.2) is 26.8 Å². The molecule has 0 aliphatic heterocycles. The molecule has 0 saturated heterocycles. The van der Waals surface area contributed by atoms with Crippen molar-refractivity contribution >= 4 is 44.0 Å². The summed E-state index contributed by atoms with van der Waals surface area (Å²) < 4.78 is 7.97. The Labute approximate surface area is 118 Å². The summed E-state index contributed by atoms with van der Waals surface area (Å²) in [5, 5.41) is 4.39. The van der Waals surface area contributed by atoms with Gasteiger partial charge in [-0.2, -0.15) is 0 Å². The van der Waals surface area contributed by atoms with Crippen molar-refractivity contribution in [2.24, 2.45) is 0 Å². The quantitative estimate of drug-likeness (QED) is 0.735. The summed E-state index contributed by atoms with van der Waals surface area (Å²) in [5.41, 5.74) is 0.918. The van der Waals surface area contributed by atoms with Gasteiger partial charge in [0.05, 0.1) is 17.3 Å². The van der Waals surface area contributed by atoms with Gasteiger partial charge in [-0.3, -0.25) is 4.57 Å². The molecule has 0 radical (unpaired) electrons. The molecule has 0 fully saturated rings. The number of anilines is 1. The maximum atomic E-state index is 5.26. The Morgan fingerprint density at radius 2 is 2.37 bits per heavy atom. The van der Waals surface area contributed by atoms with Crippen LogP contribution in [0.3, 0.4) is 0 Å². The van der Waals surface area contributed by atoms with Crippen molar-refractivity contribution in [2.45, 2.75) is 0 Å². The molecule has 3 aromatic rings. The van der Waals surface area contributed by atoms with Gasteiger partial charge in [0.1, 0.15) is 12.1 Å². The van der Waals surface area contributed by atoms with E-state index in [-0.39, 0.29) is 0 Å². The molecule has 0 aliphatic rings. The first-order valence-corrected chi connectivity index (χ1v) is 6.72. The number of nitrogens with zero attached hydrogens (tertiary/aromatic N) is 3. The highest BCUT2D eigenvalue weighted by molar-refractivity contribution is 7.80. The van der Waals surface area contributed by atoms with Crippen LogP contribution in [0.1, 0.15) is 0 Å². The summed E-state index contributed by atoms with van der Waals surface area (Å²) in [6, 6.07) is 5.77. The Morgan fingerprint density at radius 3 is 3.11 bits per heavy atom. The molecule has 19 heavy (non-hydrogen) atoms. The van der Waals surface area contributed by atoms with Crippen molar-refractivity contribution in [3.8, 4) is 5.75 Å². The third-order valence-corrected chi connectivity index (χ3v) is 3.79. The van der Waals surface area contributed by atoms with Gasteiger partial charge in [-0.15, -0.1) is 0 Å². The van der Waals surface area contributed by atoms with Crippen LogP contribution in [0.5, 0.6) is 5.75 Å². The number of methoxy groups -OCH3 is 1. The molecular weight excluding hydrogens is 280 g/mol. The molecule has 1 N–H and O–H groups in total. The summed E-state index contributed by atoms with van der Waals surface area (Å²) >= 11 is 6.79. The third-order valence-electron chi connectivity index (χ3n) is 2.55. The van der Waals surface area contributed by atoms with Crippen molar-refractivity contribution in [2.75, 3.05) is 12.4 Å². The van der Waals surface area contributed by atoms with E-state index < -0.39 is 0 Å². The number of nitrogens with one attached hydrogen (secondary N) is 1. The van der Waals surface area contributed by atoms with Crippen LogP contribution in [0.15, 0.2) is 36.9 Å². The normalized spacial score (nSPS) is 10.6. The molecule has 0 amide bonds. The highest BCUT2D eigenvalue weighted by Crippen LogP contribution is 2.29. The number of fused-ring (bicyclic) bond motifs is 1. The average Bonchev–Trinajstić information content (AvgIpc) is 3.06. The summed E-state index contributed by atoms with van der Waals surface area (Å²) in [6.45, 7) is 0. The zero-order chi connectivity index (χ0) is 13.2. The number of benzene rings is 1. The first-order chi connectivity index (χ1) is 9.26. The molecule has 3 rings (SSSR count). The first-order valence-electron chi connectivity index (χ1n) is 5.50. The van der Waals surface area contributed by atoms with Gasteiger partial charge in [0.2, 0.25) is 0 Å². The van der Waals surface area contributed by atoms with E-state index in [0.29, 0.717) is 5.11 Å². The van der Waals surface area contributed by atoms with Crippen molar-refractivity contribution in [3.63, 3.8) is 0 Å². The molecule has 0 spiro atoms. The van der Waals surface area contributed by atoms with Gasteiger partial charge in [0.15, 0.2) is 10.2 Å². The van der Waals surface area contributed by atoms with E-state index in [0.717, 1.165) is 21.1 Å². The van der Waals surface area contributed by atoms with Gasteiger partial charge in [0, 0.05) is 12.4 Å². The zero-order valence-electron chi connectivity index (χ0n) is 10.0. The molecule has 7 heteroatoms. The van der Waals surface area contributed by atoms with Gasteiger partial charge in [-0.1, -0.05) is 11.3 Å². The van der Waals surface area contributed by atoms with E-state index in [2.05, 4.69) is 15.3 Å². The molecule has 1 aromatic carbocycles. The average molecular weight is 290 g/mol. The molecule has 96 valence electrons. The number of ether oxygens (including phenoxy) is 1. The molecule has 0 bridgehead atoms. The van der Waals surface area contributed by atoms with Gasteiger partial charge >= 0.3 is 0 Å².